The molecule has 2 N–H and O–H groups in total. The molecule has 0 bridgehead atoms. The zero-order valence-electron chi connectivity index (χ0n) is 16.5. The van der Waals surface area contributed by atoms with Gasteiger partial charge in [0.05, 0.1) is 17.7 Å². The second-order valence-electron chi connectivity index (χ2n) is 7.49. The Labute approximate surface area is 161 Å². The number of benzene rings is 2. The molecule has 0 aliphatic heterocycles. The van der Waals surface area contributed by atoms with Crippen molar-refractivity contribution in [2.24, 2.45) is 0 Å². The van der Waals surface area contributed by atoms with Gasteiger partial charge >= 0.3 is 0 Å². The monoisotopic (exact) mass is 390 g/mol. The highest BCUT2D eigenvalue weighted by atomic mass is 32.2. The molecule has 0 saturated carbocycles. The minimum Gasteiger partial charge on any atom is -0.495 e. The summed E-state index contributed by atoms with van der Waals surface area (Å²) in [4.78, 5) is 12.8. The molecule has 1 amide bonds. The molecule has 146 valence electrons. The molecule has 6 nitrogen and oxygen atoms in total. The minimum absolute atomic E-state index is 0.0457. The highest BCUT2D eigenvalue weighted by molar-refractivity contribution is 7.89. The number of methoxy groups -OCH3 is 1. The highest BCUT2D eigenvalue weighted by Gasteiger charge is 2.23. The van der Waals surface area contributed by atoms with Crippen molar-refractivity contribution in [3.63, 3.8) is 0 Å². The van der Waals surface area contributed by atoms with Crippen molar-refractivity contribution < 1.29 is 17.9 Å². The zero-order valence-corrected chi connectivity index (χ0v) is 17.3. The number of hydrogen-bond donors (Lipinski definition) is 2. The molecule has 0 aromatic heterocycles. The van der Waals surface area contributed by atoms with Crippen molar-refractivity contribution in [2.45, 2.75) is 45.1 Å². The van der Waals surface area contributed by atoms with Gasteiger partial charge in [-0.3, -0.25) is 4.79 Å². The van der Waals surface area contributed by atoms with Gasteiger partial charge < -0.3 is 10.1 Å². The van der Waals surface area contributed by atoms with Gasteiger partial charge in [-0.2, -0.15) is 0 Å². The van der Waals surface area contributed by atoms with Crippen molar-refractivity contribution in [1.82, 2.24) is 4.72 Å². The first-order chi connectivity index (χ1) is 12.4. The third kappa shape index (κ3) is 5.30. The average molecular weight is 391 g/mol. The summed E-state index contributed by atoms with van der Waals surface area (Å²) >= 11 is 0. The number of aryl methyl sites for hydroxylation is 2. The molecule has 0 saturated heterocycles. The highest BCUT2D eigenvalue weighted by Crippen LogP contribution is 2.26. The van der Waals surface area contributed by atoms with E-state index in [9.17, 15) is 13.2 Å². The number of rotatable bonds is 5. The van der Waals surface area contributed by atoms with Crippen LogP contribution in [-0.2, 0) is 10.0 Å². The van der Waals surface area contributed by atoms with Crippen LogP contribution in [0.3, 0.4) is 0 Å². The SMILES string of the molecule is COc1ccc(C)cc1NC(=O)c1cc(S(=O)(=O)NC(C)(C)C)ccc1C. The molecular formula is C20H26N2O4S. The lowest BCUT2D eigenvalue weighted by Crippen LogP contribution is -2.40. The predicted octanol–water partition coefficient (Wildman–Crippen LogP) is 3.64. The first kappa shape index (κ1) is 20.9. The van der Waals surface area contributed by atoms with Gasteiger partial charge in [0.1, 0.15) is 5.75 Å². The number of amides is 1. The molecule has 0 atom stereocenters. The summed E-state index contributed by atoms with van der Waals surface area (Å²) in [5.74, 6) is 0.133. The van der Waals surface area contributed by atoms with Crippen molar-refractivity contribution >= 4 is 21.6 Å². The van der Waals surface area contributed by atoms with E-state index >= 15 is 0 Å². The molecule has 2 rings (SSSR count). The summed E-state index contributed by atoms with van der Waals surface area (Å²) in [6.45, 7) is 8.95. The summed E-state index contributed by atoms with van der Waals surface area (Å²) < 4.78 is 33.0. The van der Waals surface area contributed by atoms with E-state index in [2.05, 4.69) is 10.0 Å². The first-order valence-electron chi connectivity index (χ1n) is 8.53. The Morgan fingerprint density at radius 2 is 1.70 bits per heavy atom. The maximum absolute atomic E-state index is 12.8. The van der Waals surface area contributed by atoms with Crippen LogP contribution in [0.5, 0.6) is 5.75 Å². The predicted molar refractivity (Wildman–Crippen MR) is 107 cm³/mol. The van der Waals surface area contributed by atoms with E-state index in [0.29, 0.717) is 17.0 Å². The van der Waals surface area contributed by atoms with Crippen molar-refractivity contribution in [1.29, 1.82) is 0 Å². The summed E-state index contributed by atoms with van der Waals surface area (Å²) in [5.41, 5.74) is 1.84. The standard InChI is InChI=1S/C20H26N2O4S/c1-13-7-10-18(26-6)17(11-13)21-19(23)16-12-15(9-8-14(16)2)27(24,25)22-20(3,4)5/h7-12,22H,1-6H3,(H,21,23). The molecule has 0 aliphatic rings. The number of carbonyl (C=O) groups excluding carboxylic acids is 1. The second kappa shape index (κ2) is 7.70. The Bertz CT molecular complexity index is 960. The Hall–Kier alpha value is -2.38. The lowest BCUT2D eigenvalue weighted by molar-refractivity contribution is 0.102. The van der Waals surface area contributed by atoms with Crippen LogP contribution in [0.15, 0.2) is 41.3 Å². The first-order valence-corrected chi connectivity index (χ1v) is 10.0. The summed E-state index contributed by atoms with van der Waals surface area (Å²) in [6, 6.07) is 9.96. The molecule has 2 aromatic carbocycles. The fourth-order valence-electron chi connectivity index (χ4n) is 2.58. The molecule has 0 heterocycles. The fraction of sp³-hybridized carbons (Fsp3) is 0.350. The molecule has 0 unspecified atom stereocenters. The van der Waals surface area contributed by atoms with Crippen LogP contribution in [0.25, 0.3) is 0 Å². The fourth-order valence-corrected chi connectivity index (χ4v) is 4.03. The van der Waals surface area contributed by atoms with E-state index < -0.39 is 21.5 Å². The number of nitrogens with one attached hydrogen (secondary N) is 2. The Morgan fingerprint density at radius 1 is 1.04 bits per heavy atom. The number of carbonyl (C=O) groups is 1. The average Bonchev–Trinajstić information content (AvgIpc) is 2.53. The largest absolute Gasteiger partial charge is 0.495 e. The molecule has 0 fully saturated rings. The topological polar surface area (TPSA) is 84.5 Å². The summed E-state index contributed by atoms with van der Waals surface area (Å²) in [7, 11) is -2.21. The molecule has 7 heteroatoms. The number of hydrogen-bond acceptors (Lipinski definition) is 4. The normalized spacial score (nSPS) is 11.9. The second-order valence-corrected chi connectivity index (χ2v) is 9.17. The van der Waals surface area contributed by atoms with Gasteiger partial charge in [0, 0.05) is 11.1 Å². The summed E-state index contributed by atoms with van der Waals surface area (Å²) in [5, 5.41) is 2.81. The Morgan fingerprint density at radius 3 is 2.30 bits per heavy atom. The number of ether oxygens (including phenoxy) is 1. The van der Waals surface area contributed by atoms with Crippen LogP contribution in [0.1, 0.15) is 42.3 Å². The van der Waals surface area contributed by atoms with E-state index in [1.807, 2.05) is 13.0 Å². The van der Waals surface area contributed by atoms with Crippen LogP contribution >= 0.6 is 0 Å². The van der Waals surface area contributed by atoms with Gasteiger partial charge in [0.2, 0.25) is 10.0 Å². The van der Waals surface area contributed by atoms with Gasteiger partial charge in [-0.15, -0.1) is 0 Å². The van der Waals surface area contributed by atoms with E-state index in [4.69, 9.17) is 4.74 Å². The van der Waals surface area contributed by atoms with E-state index in [1.165, 1.54) is 19.2 Å². The van der Waals surface area contributed by atoms with E-state index in [-0.39, 0.29) is 10.5 Å². The Kier molecular flexibility index (Phi) is 5.97. The van der Waals surface area contributed by atoms with Crippen molar-refractivity contribution in [2.75, 3.05) is 12.4 Å². The van der Waals surface area contributed by atoms with Crippen LogP contribution in [0, 0.1) is 13.8 Å². The molecule has 0 radical (unpaired) electrons. The lowest BCUT2D eigenvalue weighted by atomic mass is 10.1. The van der Waals surface area contributed by atoms with Crippen LogP contribution in [0.4, 0.5) is 5.69 Å². The third-order valence-electron chi connectivity index (χ3n) is 3.81. The van der Waals surface area contributed by atoms with Gasteiger partial charge in [-0.25, -0.2) is 13.1 Å². The van der Waals surface area contributed by atoms with E-state index in [0.717, 1.165) is 5.56 Å². The minimum atomic E-state index is -3.74. The van der Waals surface area contributed by atoms with Gasteiger partial charge in [-0.05, 0) is 70.0 Å². The molecule has 0 aliphatic carbocycles. The van der Waals surface area contributed by atoms with Gasteiger partial charge in [0.15, 0.2) is 0 Å². The van der Waals surface area contributed by atoms with E-state index in [1.54, 1.807) is 45.9 Å². The maximum Gasteiger partial charge on any atom is 0.256 e. The smallest absolute Gasteiger partial charge is 0.256 e. The number of anilines is 1. The summed E-state index contributed by atoms with van der Waals surface area (Å²) in [6.07, 6.45) is 0. The zero-order chi connectivity index (χ0) is 20.4. The number of sulfonamides is 1. The van der Waals surface area contributed by atoms with Crippen molar-refractivity contribution in [3.8, 4) is 5.75 Å². The van der Waals surface area contributed by atoms with Crippen LogP contribution < -0.4 is 14.8 Å². The van der Waals surface area contributed by atoms with Gasteiger partial charge in [-0.1, -0.05) is 12.1 Å². The quantitative estimate of drug-likeness (QED) is 0.816. The molecule has 27 heavy (non-hydrogen) atoms. The molecular weight excluding hydrogens is 364 g/mol. The maximum atomic E-state index is 12.8. The molecule has 0 spiro atoms. The van der Waals surface area contributed by atoms with Crippen molar-refractivity contribution in [3.05, 3.63) is 53.1 Å². The third-order valence-corrected chi connectivity index (χ3v) is 5.56. The lowest BCUT2D eigenvalue weighted by Gasteiger charge is -2.21. The van der Waals surface area contributed by atoms with Crippen LogP contribution in [-0.4, -0.2) is 27.0 Å². The van der Waals surface area contributed by atoms with Crippen LogP contribution in [0.2, 0.25) is 0 Å². The van der Waals surface area contributed by atoms with Gasteiger partial charge in [0.25, 0.3) is 5.91 Å². The Balaban J connectivity index is 2.39. The molecule has 2 aromatic rings.